The third-order valence-corrected chi connectivity index (χ3v) is 3.75. The molecule has 0 radical (unpaired) electrons. The molecule has 1 aromatic carbocycles. The van der Waals surface area contributed by atoms with Crippen LogP contribution in [0.15, 0.2) is 24.3 Å². The van der Waals surface area contributed by atoms with Crippen molar-refractivity contribution in [3.8, 4) is 11.8 Å². The Morgan fingerprint density at radius 2 is 2.14 bits per heavy atom. The van der Waals surface area contributed by atoms with Crippen LogP contribution >= 0.6 is 0 Å². The quantitative estimate of drug-likeness (QED) is 0.892. The maximum atomic E-state index is 12.0. The van der Waals surface area contributed by atoms with Crippen molar-refractivity contribution in [1.29, 1.82) is 5.26 Å². The van der Waals surface area contributed by atoms with Crippen LogP contribution in [-0.4, -0.2) is 18.7 Å². The molecule has 2 N–H and O–H groups in total. The van der Waals surface area contributed by atoms with E-state index in [1.54, 1.807) is 24.3 Å². The van der Waals surface area contributed by atoms with Gasteiger partial charge in [-0.2, -0.15) is 5.26 Å². The van der Waals surface area contributed by atoms with Crippen molar-refractivity contribution < 1.29 is 9.53 Å². The number of hydrogen-bond acceptors (Lipinski definition) is 3. The normalized spacial score (nSPS) is 21.1. The number of benzene rings is 1. The molecule has 2 rings (SSSR count). The molecule has 21 heavy (non-hydrogen) atoms. The van der Waals surface area contributed by atoms with Gasteiger partial charge in [0.1, 0.15) is 11.8 Å². The lowest BCUT2D eigenvalue weighted by Crippen LogP contribution is -2.39. The highest BCUT2D eigenvalue weighted by Gasteiger charge is 2.19. The molecule has 0 aliphatic heterocycles. The van der Waals surface area contributed by atoms with E-state index in [9.17, 15) is 4.79 Å². The fourth-order valence-corrected chi connectivity index (χ4v) is 2.54. The van der Waals surface area contributed by atoms with Crippen LogP contribution in [0.1, 0.15) is 32.6 Å². The Bertz CT molecular complexity index is 516. The lowest BCUT2D eigenvalue weighted by molar-refractivity contribution is 0.239. The molecule has 0 bridgehead atoms. The summed E-state index contributed by atoms with van der Waals surface area (Å²) in [5.41, 5.74) is 0.659. The maximum absolute atomic E-state index is 12.0. The Balaban J connectivity index is 1.83. The number of ether oxygens (including phenoxy) is 1. The van der Waals surface area contributed by atoms with E-state index < -0.39 is 0 Å². The largest absolute Gasteiger partial charge is 0.479 e. The van der Waals surface area contributed by atoms with Crippen molar-refractivity contribution >= 4 is 11.7 Å². The van der Waals surface area contributed by atoms with Gasteiger partial charge in [-0.15, -0.1) is 0 Å². The zero-order valence-electron chi connectivity index (χ0n) is 12.3. The van der Waals surface area contributed by atoms with Gasteiger partial charge in [0.05, 0.1) is 0 Å². The fraction of sp³-hybridized carbons (Fsp3) is 0.500. The van der Waals surface area contributed by atoms with Crippen LogP contribution in [0.5, 0.6) is 5.75 Å². The minimum Gasteiger partial charge on any atom is -0.479 e. The molecule has 5 heteroatoms. The predicted molar refractivity (Wildman–Crippen MR) is 81.1 cm³/mol. The Morgan fingerprint density at radius 1 is 1.38 bits per heavy atom. The number of nitriles is 1. The van der Waals surface area contributed by atoms with Gasteiger partial charge in [-0.1, -0.05) is 13.0 Å². The van der Waals surface area contributed by atoms with Crippen molar-refractivity contribution in [2.75, 3.05) is 11.9 Å². The molecule has 0 saturated heterocycles. The van der Waals surface area contributed by atoms with Crippen molar-refractivity contribution in [2.45, 2.75) is 38.6 Å². The predicted octanol–water partition coefficient (Wildman–Crippen LogP) is 3.29. The molecule has 0 unspecified atom stereocenters. The van der Waals surface area contributed by atoms with Crippen LogP contribution in [0.2, 0.25) is 0 Å². The molecular weight excluding hydrogens is 266 g/mol. The van der Waals surface area contributed by atoms with Crippen molar-refractivity contribution in [1.82, 2.24) is 5.32 Å². The van der Waals surface area contributed by atoms with Gasteiger partial charge >= 0.3 is 6.03 Å². The molecule has 1 fully saturated rings. The maximum Gasteiger partial charge on any atom is 0.319 e. The monoisotopic (exact) mass is 287 g/mol. The number of urea groups is 1. The van der Waals surface area contributed by atoms with E-state index in [0.29, 0.717) is 11.4 Å². The average molecular weight is 287 g/mol. The SMILES string of the molecule is CC1CCC(NC(=O)Nc2cccc(OCC#N)c2)CC1. The molecule has 0 atom stereocenters. The number of nitrogens with zero attached hydrogens (tertiary/aromatic N) is 1. The molecule has 1 saturated carbocycles. The Morgan fingerprint density at radius 3 is 2.86 bits per heavy atom. The minimum atomic E-state index is -0.188. The van der Waals surface area contributed by atoms with Gasteiger partial charge in [0, 0.05) is 17.8 Å². The van der Waals surface area contributed by atoms with E-state index in [0.717, 1.165) is 18.8 Å². The Hall–Kier alpha value is -2.22. The summed E-state index contributed by atoms with van der Waals surface area (Å²) in [6, 6.07) is 9.02. The van der Waals surface area contributed by atoms with E-state index in [4.69, 9.17) is 10.00 Å². The standard InChI is InChI=1S/C16H21N3O2/c1-12-5-7-13(8-6-12)18-16(20)19-14-3-2-4-15(11-14)21-10-9-17/h2-4,11-13H,5-8,10H2,1H3,(H2,18,19,20). The van der Waals surface area contributed by atoms with Crippen molar-refractivity contribution in [3.63, 3.8) is 0 Å². The first-order valence-corrected chi connectivity index (χ1v) is 7.34. The topological polar surface area (TPSA) is 74.2 Å². The lowest BCUT2D eigenvalue weighted by Gasteiger charge is -2.26. The number of carbonyl (C=O) groups excluding carboxylic acids is 1. The molecule has 1 aliphatic rings. The van der Waals surface area contributed by atoms with Crippen LogP contribution in [0, 0.1) is 17.2 Å². The first-order chi connectivity index (χ1) is 10.2. The zero-order valence-corrected chi connectivity index (χ0v) is 12.3. The molecular formula is C16H21N3O2. The molecule has 1 aromatic rings. The molecule has 2 amide bonds. The summed E-state index contributed by atoms with van der Waals surface area (Å²) in [5.74, 6) is 1.33. The van der Waals surface area contributed by atoms with Gasteiger partial charge in [-0.25, -0.2) is 4.79 Å². The van der Waals surface area contributed by atoms with E-state index in [2.05, 4.69) is 17.6 Å². The molecule has 1 aliphatic carbocycles. The molecule has 0 heterocycles. The summed E-state index contributed by atoms with van der Waals surface area (Å²) < 4.78 is 5.21. The molecule has 0 aromatic heterocycles. The van der Waals surface area contributed by atoms with Gasteiger partial charge in [0.2, 0.25) is 0 Å². The van der Waals surface area contributed by atoms with Crippen LogP contribution in [0.3, 0.4) is 0 Å². The number of anilines is 1. The number of amides is 2. The van der Waals surface area contributed by atoms with Crippen molar-refractivity contribution in [2.24, 2.45) is 5.92 Å². The number of nitrogens with one attached hydrogen (secondary N) is 2. The van der Waals surface area contributed by atoms with E-state index in [1.807, 2.05) is 6.07 Å². The molecule has 0 spiro atoms. The van der Waals surface area contributed by atoms with E-state index in [1.165, 1.54) is 12.8 Å². The minimum absolute atomic E-state index is 0.00406. The summed E-state index contributed by atoms with van der Waals surface area (Å²) in [6.45, 7) is 2.25. The summed E-state index contributed by atoms with van der Waals surface area (Å²) in [4.78, 5) is 12.0. The Labute approximate surface area is 125 Å². The summed E-state index contributed by atoms with van der Waals surface area (Å²) in [5, 5.41) is 14.3. The first kappa shape index (κ1) is 15.2. The second-order valence-electron chi connectivity index (χ2n) is 5.53. The second kappa shape index (κ2) is 7.53. The molecule has 5 nitrogen and oxygen atoms in total. The highest BCUT2D eigenvalue weighted by molar-refractivity contribution is 5.89. The van der Waals surface area contributed by atoms with Gasteiger partial charge in [-0.05, 0) is 43.7 Å². The van der Waals surface area contributed by atoms with Crippen LogP contribution < -0.4 is 15.4 Å². The third kappa shape index (κ3) is 4.99. The second-order valence-corrected chi connectivity index (χ2v) is 5.53. The van der Waals surface area contributed by atoms with Gasteiger partial charge in [-0.3, -0.25) is 0 Å². The van der Waals surface area contributed by atoms with E-state index >= 15 is 0 Å². The average Bonchev–Trinajstić information content (AvgIpc) is 2.48. The van der Waals surface area contributed by atoms with Crippen LogP contribution in [0.4, 0.5) is 10.5 Å². The highest BCUT2D eigenvalue weighted by Crippen LogP contribution is 2.23. The number of carbonyl (C=O) groups is 1. The molecule has 112 valence electrons. The highest BCUT2D eigenvalue weighted by atomic mass is 16.5. The number of hydrogen-bond donors (Lipinski definition) is 2. The first-order valence-electron chi connectivity index (χ1n) is 7.34. The summed E-state index contributed by atoms with van der Waals surface area (Å²) in [7, 11) is 0. The summed E-state index contributed by atoms with van der Waals surface area (Å²) >= 11 is 0. The lowest BCUT2D eigenvalue weighted by atomic mass is 9.87. The van der Waals surface area contributed by atoms with E-state index in [-0.39, 0.29) is 18.7 Å². The van der Waals surface area contributed by atoms with Crippen LogP contribution in [0.25, 0.3) is 0 Å². The number of rotatable bonds is 4. The smallest absolute Gasteiger partial charge is 0.319 e. The third-order valence-electron chi connectivity index (χ3n) is 3.75. The fourth-order valence-electron chi connectivity index (χ4n) is 2.54. The van der Waals surface area contributed by atoms with Crippen LogP contribution in [-0.2, 0) is 0 Å². The summed E-state index contributed by atoms with van der Waals surface area (Å²) in [6.07, 6.45) is 4.42. The zero-order chi connectivity index (χ0) is 15.1. The van der Waals surface area contributed by atoms with Gasteiger partial charge in [0.15, 0.2) is 6.61 Å². The van der Waals surface area contributed by atoms with Gasteiger partial charge < -0.3 is 15.4 Å². The van der Waals surface area contributed by atoms with Gasteiger partial charge in [0.25, 0.3) is 0 Å². The Kier molecular flexibility index (Phi) is 5.44. The van der Waals surface area contributed by atoms with Crippen molar-refractivity contribution in [3.05, 3.63) is 24.3 Å².